The highest BCUT2D eigenvalue weighted by Gasteiger charge is 2.24. The van der Waals surface area contributed by atoms with E-state index in [1.165, 1.54) is 36.9 Å². The highest BCUT2D eigenvalue weighted by atomic mass is 14.7. The summed E-state index contributed by atoms with van der Waals surface area (Å²) in [6, 6.07) is 2.35. The van der Waals surface area contributed by atoms with Gasteiger partial charge in [-0.2, -0.15) is 0 Å². The standard InChI is InChI=1S/C14H23N/c1-10(2)14-8-12(9-15-14)7-11(3)13-5-4-6-13/h8-11,13,15H,4-7H2,1-3H3. The van der Waals surface area contributed by atoms with E-state index < -0.39 is 0 Å². The quantitative estimate of drug-likeness (QED) is 0.761. The predicted octanol–water partition coefficient (Wildman–Crippen LogP) is 4.12. The fourth-order valence-corrected chi connectivity index (χ4v) is 2.46. The molecule has 1 nitrogen and oxygen atoms in total. The molecule has 1 saturated carbocycles. The molecule has 1 aliphatic rings. The molecule has 1 N–H and O–H groups in total. The van der Waals surface area contributed by atoms with Gasteiger partial charge in [0.1, 0.15) is 0 Å². The number of nitrogens with one attached hydrogen (secondary N) is 1. The van der Waals surface area contributed by atoms with Crippen LogP contribution in [0.1, 0.15) is 57.2 Å². The van der Waals surface area contributed by atoms with Crippen LogP contribution in [0.25, 0.3) is 0 Å². The van der Waals surface area contributed by atoms with Crippen LogP contribution in [0.3, 0.4) is 0 Å². The Morgan fingerprint density at radius 3 is 2.53 bits per heavy atom. The number of aromatic amines is 1. The van der Waals surface area contributed by atoms with Crippen LogP contribution < -0.4 is 0 Å². The third kappa shape index (κ3) is 2.45. The Hall–Kier alpha value is -0.720. The summed E-state index contributed by atoms with van der Waals surface area (Å²) < 4.78 is 0. The van der Waals surface area contributed by atoms with Crippen molar-refractivity contribution < 1.29 is 0 Å². The Kier molecular flexibility index (Phi) is 3.18. The van der Waals surface area contributed by atoms with Crippen LogP contribution in [0.4, 0.5) is 0 Å². The lowest BCUT2D eigenvalue weighted by Gasteiger charge is -2.31. The Morgan fingerprint density at radius 1 is 1.33 bits per heavy atom. The number of H-pyrrole nitrogens is 1. The van der Waals surface area contributed by atoms with E-state index >= 15 is 0 Å². The summed E-state index contributed by atoms with van der Waals surface area (Å²) in [5.41, 5.74) is 2.88. The molecule has 0 spiro atoms. The first-order chi connectivity index (χ1) is 7.16. The van der Waals surface area contributed by atoms with E-state index in [-0.39, 0.29) is 0 Å². The van der Waals surface area contributed by atoms with Crippen molar-refractivity contribution in [3.05, 3.63) is 23.5 Å². The van der Waals surface area contributed by atoms with Gasteiger partial charge in [-0.3, -0.25) is 0 Å². The molecule has 1 fully saturated rings. The molecule has 84 valence electrons. The minimum Gasteiger partial charge on any atom is -0.365 e. The van der Waals surface area contributed by atoms with Crippen LogP contribution in [0.15, 0.2) is 12.3 Å². The van der Waals surface area contributed by atoms with Crippen molar-refractivity contribution in [2.75, 3.05) is 0 Å². The fraction of sp³-hybridized carbons (Fsp3) is 0.714. The zero-order valence-electron chi connectivity index (χ0n) is 10.2. The normalized spacial score (nSPS) is 19.2. The van der Waals surface area contributed by atoms with Crippen molar-refractivity contribution in [3.8, 4) is 0 Å². The van der Waals surface area contributed by atoms with Gasteiger partial charge in [0.15, 0.2) is 0 Å². The molecule has 1 unspecified atom stereocenters. The van der Waals surface area contributed by atoms with Gasteiger partial charge in [0.25, 0.3) is 0 Å². The van der Waals surface area contributed by atoms with Gasteiger partial charge in [-0.15, -0.1) is 0 Å². The molecular weight excluding hydrogens is 182 g/mol. The molecule has 1 aromatic heterocycles. The second-order valence-corrected chi connectivity index (χ2v) is 5.49. The van der Waals surface area contributed by atoms with E-state index in [1.54, 1.807) is 0 Å². The van der Waals surface area contributed by atoms with Crippen molar-refractivity contribution in [2.24, 2.45) is 11.8 Å². The summed E-state index contributed by atoms with van der Waals surface area (Å²) >= 11 is 0. The summed E-state index contributed by atoms with van der Waals surface area (Å²) in [5, 5.41) is 0. The van der Waals surface area contributed by atoms with Crippen molar-refractivity contribution in [2.45, 2.75) is 52.4 Å². The first-order valence-electron chi connectivity index (χ1n) is 6.34. The highest BCUT2D eigenvalue weighted by Crippen LogP contribution is 2.35. The van der Waals surface area contributed by atoms with E-state index in [1.807, 2.05) is 0 Å². The van der Waals surface area contributed by atoms with Gasteiger partial charge in [-0.05, 0) is 35.8 Å². The van der Waals surface area contributed by atoms with Crippen molar-refractivity contribution in [1.29, 1.82) is 0 Å². The molecule has 0 amide bonds. The Balaban J connectivity index is 1.91. The first kappa shape index (κ1) is 10.8. The molecule has 1 aliphatic carbocycles. The number of rotatable bonds is 4. The van der Waals surface area contributed by atoms with Crippen molar-refractivity contribution >= 4 is 0 Å². The summed E-state index contributed by atoms with van der Waals surface area (Å²) in [4.78, 5) is 3.39. The summed E-state index contributed by atoms with van der Waals surface area (Å²) in [6.07, 6.45) is 7.84. The Morgan fingerprint density at radius 2 is 2.07 bits per heavy atom. The molecule has 2 rings (SSSR count). The molecule has 1 heterocycles. The minimum absolute atomic E-state index is 0.623. The summed E-state index contributed by atoms with van der Waals surface area (Å²) in [6.45, 7) is 6.89. The van der Waals surface area contributed by atoms with Crippen LogP contribution in [0.5, 0.6) is 0 Å². The van der Waals surface area contributed by atoms with E-state index in [0.717, 1.165) is 11.8 Å². The fourth-order valence-electron chi connectivity index (χ4n) is 2.46. The molecular formula is C14H23N. The predicted molar refractivity (Wildman–Crippen MR) is 65.1 cm³/mol. The van der Waals surface area contributed by atoms with Crippen LogP contribution in [0.2, 0.25) is 0 Å². The number of hydrogen-bond donors (Lipinski definition) is 1. The van der Waals surface area contributed by atoms with Gasteiger partial charge in [0, 0.05) is 11.9 Å². The maximum Gasteiger partial charge on any atom is 0.0175 e. The average molecular weight is 205 g/mol. The van der Waals surface area contributed by atoms with Crippen LogP contribution in [-0.4, -0.2) is 4.98 Å². The molecule has 15 heavy (non-hydrogen) atoms. The lowest BCUT2D eigenvalue weighted by atomic mass is 9.75. The largest absolute Gasteiger partial charge is 0.365 e. The lowest BCUT2D eigenvalue weighted by Crippen LogP contribution is -2.21. The first-order valence-corrected chi connectivity index (χ1v) is 6.34. The summed E-state index contributed by atoms with van der Waals surface area (Å²) in [5.74, 6) is 2.50. The molecule has 0 aliphatic heterocycles. The molecule has 1 aromatic rings. The Bertz CT molecular complexity index is 307. The second kappa shape index (κ2) is 4.42. The molecule has 0 aromatic carbocycles. The van der Waals surface area contributed by atoms with Gasteiger partial charge >= 0.3 is 0 Å². The topological polar surface area (TPSA) is 15.8 Å². The zero-order chi connectivity index (χ0) is 10.8. The monoisotopic (exact) mass is 205 g/mol. The molecule has 1 atom stereocenters. The lowest BCUT2D eigenvalue weighted by molar-refractivity contribution is 0.219. The van der Waals surface area contributed by atoms with Crippen LogP contribution >= 0.6 is 0 Å². The smallest absolute Gasteiger partial charge is 0.0175 e. The van der Waals surface area contributed by atoms with Gasteiger partial charge < -0.3 is 4.98 Å². The van der Waals surface area contributed by atoms with Crippen LogP contribution in [0, 0.1) is 11.8 Å². The maximum atomic E-state index is 3.39. The number of hydrogen-bond acceptors (Lipinski definition) is 0. The van der Waals surface area contributed by atoms with E-state index in [2.05, 4.69) is 38.0 Å². The third-order valence-corrected chi connectivity index (χ3v) is 3.90. The molecule has 0 bridgehead atoms. The maximum absolute atomic E-state index is 3.39. The van der Waals surface area contributed by atoms with Crippen molar-refractivity contribution in [3.63, 3.8) is 0 Å². The average Bonchev–Trinajstić information content (AvgIpc) is 2.48. The van der Waals surface area contributed by atoms with Crippen LogP contribution in [-0.2, 0) is 6.42 Å². The molecule has 0 saturated heterocycles. The van der Waals surface area contributed by atoms with E-state index in [9.17, 15) is 0 Å². The van der Waals surface area contributed by atoms with E-state index in [4.69, 9.17) is 0 Å². The molecule has 1 heteroatoms. The zero-order valence-corrected chi connectivity index (χ0v) is 10.2. The van der Waals surface area contributed by atoms with Gasteiger partial charge in [0.2, 0.25) is 0 Å². The minimum atomic E-state index is 0.623. The van der Waals surface area contributed by atoms with Gasteiger partial charge in [0.05, 0.1) is 0 Å². The van der Waals surface area contributed by atoms with E-state index in [0.29, 0.717) is 5.92 Å². The third-order valence-electron chi connectivity index (χ3n) is 3.90. The summed E-state index contributed by atoms with van der Waals surface area (Å²) in [7, 11) is 0. The SMILES string of the molecule is CC(C)c1cc(CC(C)C2CCC2)c[nH]1. The van der Waals surface area contributed by atoms with Crippen molar-refractivity contribution in [1.82, 2.24) is 4.98 Å². The Labute approximate surface area is 93.3 Å². The molecule has 0 radical (unpaired) electrons. The highest BCUT2D eigenvalue weighted by molar-refractivity contribution is 5.19. The van der Waals surface area contributed by atoms with Gasteiger partial charge in [-0.1, -0.05) is 40.0 Å². The number of aromatic nitrogens is 1. The van der Waals surface area contributed by atoms with Gasteiger partial charge in [-0.25, -0.2) is 0 Å². The second-order valence-electron chi connectivity index (χ2n) is 5.49.